The van der Waals surface area contributed by atoms with Gasteiger partial charge in [0.05, 0.1) is 0 Å². The highest BCUT2D eigenvalue weighted by Gasteiger charge is 2.21. The van der Waals surface area contributed by atoms with Crippen LogP contribution in [-0.2, 0) is 4.79 Å². The van der Waals surface area contributed by atoms with Gasteiger partial charge in [-0.25, -0.2) is 0 Å². The average molecular weight is 239 g/mol. The van der Waals surface area contributed by atoms with Crippen molar-refractivity contribution in [2.75, 3.05) is 13.1 Å². The lowest BCUT2D eigenvalue weighted by molar-refractivity contribution is -0.119. The van der Waals surface area contributed by atoms with Crippen LogP contribution in [0.25, 0.3) is 0 Å². The Balaban J connectivity index is 1.60. The Morgan fingerprint density at radius 2 is 2.24 bits per heavy atom. The molecule has 0 saturated carbocycles. The summed E-state index contributed by atoms with van der Waals surface area (Å²) in [5.41, 5.74) is 0. The van der Waals surface area contributed by atoms with Crippen molar-refractivity contribution in [3.8, 4) is 0 Å². The third-order valence-corrected chi connectivity index (χ3v) is 3.85. The number of carbonyl (C=O) groups is 1. The Hall–Kier alpha value is -0.610. The summed E-state index contributed by atoms with van der Waals surface area (Å²) < 4.78 is 0. The second-order valence-corrected chi connectivity index (χ2v) is 5.49. The highest BCUT2D eigenvalue weighted by Crippen LogP contribution is 2.12. The predicted octanol–water partition coefficient (Wildman–Crippen LogP) is 0.775. The van der Waals surface area contributed by atoms with E-state index in [1.165, 1.54) is 32.2 Å². The topological polar surface area (TPSA) is 53.2 Å². The molecule has 3 atom stereocenters. The third kappa shape index (κ3) is 4.28. The lowest BCUT2D eigenvalue weighted by atomic mass is 9.98. The number of hydrogen-bond acceptors (Lipinski definition) is 3. The van der Waals surface area contributed by atoms with E-state index in [4.69, 9.17) is 0 Å². The molecular weight excluding hydrogens is 214 g/mol. The Morgan fingerprint density at radius 1 is 1.35 bits per heavy atom. The van der Waals surface area contributed by atoms with Crippen molar-refractivity contribution < 1.29 is 4.79 Å². The van der Waals surface area contributed by atoms with Crippen molar-refractivity contribution in [1.29, 1.82) is 0 Å². The molecular formula is C13H25N3O. The number of piperidine rings is 1. The van der Waals surface area contributed by atoms with Gasteiger partial charge in [-0.05, 0) is 39.2 Å². The van der Waals surface area contributed by atoms with Gasteiger partial charge in [-0.2, -0.15) is 0 Å². The molecule has 2 fully saturated rings. The van der Waals surface area contributed by atoms with E-state index >= 15 is 0 Å². The second kappa shape index (κ2) is 6.36. The monoisotopic (exact) mass is 239 g/mol. The van der Waals surface area contributed by atoms with Gasteiger partial charge in [-0.15, -0.1) is 0 Å². The van der Waals surface area contributed by atoms with Crippen LogP contribution >= 0.6 is 0 Å². The molecule has 1 amide bonds. The number of nitrogens with one attached hydrogen (secondary N) is 3. The highest BCUT2D eigenvalue weighted by molar-refractivity contribution is 5.78. The van der Waals surface area contributed by atoms with Crippen LogP contribution in [0.3, 0.4) is 0 Å². The Bertz CT molecular complexity index is 251. The maximum atomic E-state index is 11.1. The first-order valence-corrected chi connectivity index (χ1v) is 7.00. The predicted molar refractivity (Wildman–Crippen MR) is 68.9 cm³/mol. The average Bonchev–Trinajstić information content (AvgIpc) is 2.74. The fourth-order valence-corrected chi connectivity index (χ4v) is 2.81. The molecule has 0 aromatic carbocycles. The molecule has 3 unspecified atom stereocenters. The van der Waals surface area contributed by atoms with Crippen LogP contribution in [0.15, 0.2) is 0 Å². The Morgan fingerprint density at radius 3 is 2.88 bits per heavy atom. The van der Waals surface area contributed by atoms with E-state index in [2.05, 4.69) is 22.9 Å². The van der Waals surface area contributed by atoms with Crippen LogP contribution in [0.1, 0.15) is 45.4 Å². The van der Waals surface area contributed by atoms with Crippen LogP contribution in [0.5, 0.6) is 0 Å². The summed E-state index contributed by atoms with van der Waals surface area (Å²) in [6.45, 7) is 4.34. The molecule has 0 aromatic heterocycles. The molecule has 0 spiro atoms. The highest BCUT2D eigenvalue weighted by atomic mass is 16.1. The van der Waals surface area contributed by atoms with E-state index in [1.54, 1.807) is 0 Å². The zero-order chi connectivity index (χ0) is 12.1. The molecule has 4 heteroatoms. The summed E-state index contributed by atoms with van der Waals surface area (Å²) in [7, 11) is 0. The van der Waals surface area contributed by atoms with E-state index in [0.717, 1.165) is 13.0 Å². The van der Waals surface area contributed by atoms with Crippen molar-refractivity contribution in [2.45, 2.75) is 63.6 Å². The van der Waals surface area contributed by atoms with Gasteiger partial charge in [0.2, 0.25) is 5.91 Å². The summed E-state index contributed by atoms with van der Waals surface area (Å²) in [4.78, 5) is 11.1. The van der Waals surface area contributed by atoms with Crippen LogP contribution in [0.2, 0.25) is 0 Å². The van der Waals surface area contributed by atoms with Crippen LogP contribution in [-0.4, -0.2) is 37.1 Å². The fraction of sp³-hybridized carbons (Fsp3) is 0.923. The Kier molecular flexibility index (Phi) is 4.80. The molecule has 0 aromatic rings. The summed E-state index contributed by atoms with van der Waals surface area (Å²) in [5, 5.41) is 10.1. The van der Waals surface area contributed by atoms with E-state index in [1.807, 2.05) is 0 Å². The molecule has 17 heavy (non-hydrogen) atoms. The minimum Gasteiger partial charge on any atom is -0.352 e. The number of hydrogen-bond donors (Lipinski definition) is 3. The van der Waals surface area contributed by atoms with Crippen molar-refractivity contribution >= 4 is 5.91 Å². The molecule has 98 valence electrons. The first-order valence-electron chi connectivity index (χ1n) is 7.00. The van der Waals surface area contributed by atoms with Gasteiger partial charge in [-0.3, -0.25) is 4.79 Å². The first-order chi connectivity index (χ1) is 8.24. The lowest BCUT2D eigenvalue weighted by Gasteiger charge is -2.27. The van der Waals surface area contributed by atoms with Gasteiger partial charge in [0, 0.05) is 31.1 Å². The standard InChI is InChI=1S/C13H25N3O/c1-10(8-11-4-2-3-7-14-11)15-9-12-5-6-13(17)16-12/h10-12,14-15H,2-9H2,1H3,(H,16,17). The number of rotatable bonds is 5. The van der Waals surface area contributed by atoms with E-state index < -0.39 is 0 Å². The van der Waals surface area contributed by atoms with Crippen molar-refractivity contribution in [1.82, 2.24) is 16.0 Å². The summed E-state index contributed by atoms with van der Waals surface area (Å²) in [6.07, 6.45) is 6.88. The van der Waals surface area contributed by atoms with Crippen LogP contribution in [0, 0.1) is 0 Å². The number of amides is 1. The zero-order valence-corrected chi connectivity index (χ0v) is 10.8. The van der Waals surface area contributed by atoms with E-state index in [-0.39, 0.29) is 5.91 Å². The largest absolute Gasteiger partial charge is 0.352 e. The summed E-state index contributed by atoms with van der Waals surface area (Å²) in [5.74, 6) is 0.207. The molecule has 2 aliphatic rings. The van der Waals surface area contributed by atoms with Crippen LogP contribution in [0.4, 0.5) is 0 Å². The van der Waals surface area contributed by atoms with Gasteiger partial charge in [-0.1, -0.05) is 6.42 Å². The molecule has 2 rings (SSSR count). The summed E-state index contributed by atoms with van der Waals surface area (Å²) >= 11 is 0. The molecule has 0 radical (unpaired) electrons. The molecule has 4 nitrogen and oxygen atoms in total. The molecule has 3 N–H and O–H groups in total. The second-order valence-electron chi connectivity index (χ2n) is 5.49. The normalized spacial score (nSPS) is 31.2. The molecule has 0 bridgehead atoms. The Labute approximate surface area is 104 Å². The third-order valence-electron chi connectivity index (χ3n) is 3.85. The minimum absolute atomic E-state index is 0.207. The van der Waals surface area contributed by atoms with Gasteiger partial charge in [0.1, 0.15) is 0 Å². The van der Waals surface area contributed by atoms with Gasteiger partial charge in [0.15, 0.2) is 0 Å². The maximum absolute atomic E-state index is 11.1. The van der Waals surface area contributed by atoms with E-state index in [0.29, 0.717) is 24.5 Å². The number of carbonyl (C=O) groups excluding carboxylic acids is 1. The molecule has 0 aliphatic carbocycles. The van der Waals surface area contributed by atoms with Crippen molar-refractivity contribution in [2.24, 2.45) is 0 Å². The molecule has 2 saturated heterocycles. The quantitative estimate of drug-likeness (QED) is 0.664. The van der Waals surface area contributed by atoms with Gasteiger partial charge < -0.3 is 16.0 Å². The van der Waals surface area contributed by atoms with Crippen LogP contribution < -0.4 is 16.0 Å². The molecule has 2 aliphatic heterocycles. The minimum atomic E-state index is 0.207. The smallest absolute Gasteiger partial charge is 0.220 e. The van der Waals surface area contributed by atoms with Gasteiger partial charge in [0.25, 0.3) is 0 Å². The van der Waals surface area contributed by atoms with Gasteiger partial charge >= 0.3 is 0 Å². The SMILES string of the molecule is CC(CC1CCCCN1)NCC1CCC(=O)N1. The fourth-order valence-electron chi connectivity index (χ4n) is 2.81. The van der Waals surface area contributed by atoms with Crippen molar-refractivity contribution in [3.63, 3.8) is 0 Å². The molecule has 2 heterocycles. The maximum Gasteiger partial charge on any atom is 0.220 e. The lowest BCUT2D eigenvalue weighted by Crippen LogP contribution is -2.43. The van der Waals surface area contributed by atoms with Crippen molar-refractivity contribution in [3.05, 3.63) is 0 Å². The summed E-state index contributed by atoms with van der Waals surface area (Å²) in [6, 6.07) is 1.57. The zero-order valence-electron chi connectivity index (χ0n) is 10.8. The first kappa shape index (κ1) is 12.8. The van der Waals surface area contributed by atoms with E-state index in [9.17, 15) is 4.79 Å².